The third kappa shape index (κ3) is 5.86. The predicted molar refractivity (Wildman–Crippen MR) is 108 cm³/mol. The van der Waals surface area contributed by atoms with Crippen LogP contribution in [0.2, 0.25) is 10.0 Å². The Balaban J connectivity index is 1.52. The lowest BCUT2D eigenvalue weighted by atomic mass is 10.2. The van der Waals surface area contributed by atoms with E-state index in [1.807, 2.05) is 42.5 Å². The summed E-state index contributed by atoms with van der Waals surface area (Å²) in [6.45, 7) is 7.55. The number of nitrogens with one attached hydrogen (secondary N) is 2. The zero-order valence-corrected chi connectivity index (χ0v) is 16.3. The standard InChI is InChI=1S/C20H25Cl2N3O/c21-18-5-6-20(26-15-16-3-1-2-4-19(16)22)17(13-18)14-24-9-12-25-10-7-23-8-11-25/h1-6,13,23-24H,7-12,14-15H2. The molecule has 0 radical (unpaired) electrons. The summed E-state index contributed by atoms with van der Waals surface area (Å²) in [5, 5.41) is 8.31. The van der Waals surface area contributed by atoms with Crippen molar-refractivity contribution < 1.29 is 4.74 Å². The molecule has 1 aliphatic rings. The Labute approximate surface area is 165 Å². The normalized spacial score (nSPS) is 15.2. The first-order chi connectivity index (χ1) is 12.7. The summed E-state index contributed by atoms with van der Waals surface area (Å²) in [6, 6.07) is 13.5. The second-order valence-electron chi connectivity index (χ2n) is 6.40. The number of hydrogen-bond acceptors (Lipinski definition) is 4. The van der Waals surface area contributed by atoms with E-state index in [1.165, 1.54) is 0 Å². The molecule has 1 heterocycles. The van der Waals surface area contributed by atoms with E-state index in [4.69, 9.17) is 27.9 Å². The van der Waals surface area contributed by atoms with Crippen LogP contribution >= 0.6 is 23.2 Å². The summed E-state index contributed by atoms with van der Waals surface area (Å²) >= 11 is 12.4. The van der Waals surface area contributed by atoms with Gasteiger partial charge >= 0.3 is 0 Å². The Bertz CT molecular complexity index is 705. The summed E-state index contributed by atoms with van der Waals surface area (Å²) < 4.78 is 6.00. The first-order valence-electron chi connectivity index (χ1n) is 9.01. The lowest BCUT2D eigenvalue weighted by Gasteiger charge is -2.27. The zero-order chi connectivity index (χ0) is 18.2. The quantitative estimate of drug-likeness (QED) is 0.672. The lowest BCUT2D eigenvalue weighted by Crippen LogP contribution is -2.45. The molecule has 26 heavy (non-hydrogen) atoms. The van der Waals surface area contributed by atoms with Gasteiger partial charge in [-0.3, -0.25) is 4.90 Å². The van der Waals surface area contributed by atoms with E-state index in [-0.39, 0.29) is 0 Å². The van der Waals surface area contributed by atoms with Crippen molar-refractivity contribution in [2.75, 3.05) is 39.3 Å². The van der Waals surface area contributed by atoms with Crippen LogP contribution in [0.5, 0.6) is 5.75 Å². The van der Waals surface area contributed by atoms with Crippen LogP contribution < -0.4 is 15.4 Å². The molecule has 0 aromatic heterocycles. The van der Waals surface area contributed by atoms with Crippen LogP contribution in [0, 0.1) is 0 Å². The maximum absolute atomic E-state index is 6.21. The Morgan fingerprint density at radius 3 is 2.65 bits per heavy atom. The van der Waals surface area contributed by atoms with E-state index in [0.717, 1.165) is 67.7 Å². The number of nitrogens with zero attached hydrogens (tertiary/aromatic N) is 1. The largest absolute Gasteiger partial charge is 0.489 e. The third-order valence-corrected chi connectivity index (χ3v) is 5.10. The van der Waals surface area contributed by atoms with Crippen LogP contribution in [0.4, 0.5) is 0 Å². The van der Waals surface area contributed by atoms with Gasteiger partial charge in [0.05, 0.1) is 0 Å². The smallest absolute Gasteiger partial charge is 0.124 e. The van der Waals surface area contributed by atoms with Crippen LogP contribution in [0.25, 0.3) is 0 Å². The van der Waals surface area contributed by atoms with E-state index in [9.17, 15) is 0 Å². The molecule has 6 heteroatoms. The highest BCUT2D eigenvalue weighted by Crippen LogP contribution is 2.25. The van der Waals surface area contributed by atoms with Gasteiger partial charge < -0.3 is 15.4 Å². The molecule has 2 N–H and O–H groups in total. The van der Waals surface area contributed by atoms with E-state index in [0.29, 0.717) is 11.6 Å². The molecule has 0 saturated carbocycles. The molecule has 2 aromatic rings. The van der Waals surface area contributed by atoms with Crippen molar-refractivity contribution in [1.29, 1.82) is 0 Å². The lowest BCUT2D eigenvalue weighted by molar-refractivity contribution is 0.240. The van der Waals surface area contributed by atoms with Crippen molar-refractivity contribution in [3.63, 3.8) is 0 Å². The highest BCUT2D eigenvalue weighted by Gasteiger charge is 2.10. The average molecular weight is 394 g/mol. The van der Waals surface area contributed by atoms with Crippen molar-refractivity contribution >= 4 is 23.2 Å². The molecule has 140 valence electrons. The number of hydrogen-bond donors (Lipinski definition) is 2. The molecular weight excluding hydrogens is 369 g/mol. The molecule has 3 rings (SSSR count). The number of rotatable bonds is 8. The second kappa shape index (κ2) is 10.1. The first-order valence-corrected chi connectivity index (χ1v) is 9.76. The highest BCUT2D eigenvalue weighted by molar-refractivity contribution is 6.31. The van der Waals surface area contributed by atoms with Crippen LogP contribution in [0.15, 0.2) is 42.5 Å². The number of halogens is 2. The highest BCUT2D eigenvalue weighted by atomic mass is 35.5. The summed E-state index contributed by atoms with van der Waals surface area (Å²) in [5.74, 6) is 0.837. The minimum Gasteiger partial charge on any atom is -0.489 e. The van der Waals surface area contributed by atoms with Crippen molar-refractivity contribution in [2.24, 2.45) is 0 Å². The number of ether oxygens (including phenoxy) is 1. The van der Waals surface area contributed by atoms with Crippen LogP contribution in [0.3, 0.4) is 0 Å². The van der Waals surface area contributed by atoms with Crippen LogP contribution in [-0.4, -0.2) is 44.2 Å². The summed E-state index contributed by atoms with van der Waals surface area (Å²) in [7, 11) is 0. The Morgan fingerprint density at radius 2 is 1.85 bits per heavy atom. The van der Waals surface area contributed by atoms with Gasteiger partial charge in [-0.25, -0.2) is 0 Å². The molecule has 0 bridgehead atoms. The van der Waals surface area contributed by atoms with Crippen molar-refractivity contribution in [1.82, 2.24) is 15.5 Å². The number of benzene rings is 2. The first kappa shape index (κ1) is 19.5. The van der Waals surface area contributed by atoms with Crippen molar-refractivity contribution in [3.05, 3.63) is 63.6 Å². The minimum atomic E-state index is 0.440. The summed E-state index contributed by atoms with van der Waals surface area (Å²) in [5.41, 5.74) is 2.03. The fraction of sp³-hybridized carbons (Fsp3) is 0.400. The van der Waals surface area contributed by atoms with E-state index >= 15 is 0 Å². The molecule has 0 spiro atoms. The van der Waals surface area contributed by atoms with Gasteiger partial charge in [0.25, 0.3) is 0 Å². The minimum absolute atomic E-state index is 0.440. The predicted octanol–water partition coefficient (Wildman–Crippen LogP) is 3.57. The molecular formula is C20H25Cl2N3O. The molecule has 1 fully saturated rings. The van der Waals surface area contributed by atoms with Gasteiger partial charge in [0.15, 0.2) is 0 Å². The van der Waals surface area contributed by atoms with Gasteiger partial charge in [-0.1, -0.05) is 41.4 Å². The topological polar surface area (TPSA) is 36.5 Å². The average Bonchev–Trinajstić information content (AvgIpc) is 2.66. The summed E-state index contributed by atoms with van der Waals surface area (Å²) in [4.78, 5) is 2.47. The zero-order valence-electron chi connectivity index (χ0n) is 14.8. The molecule has 2 aromatic carbocycles. The number of piperazine rings is 1. The van der Waals surface area contributed by atoms with Crippen molar-refractivity contribution in [2.45, 2.75) is 13.2 Å². The maximum atomic E-state index is 6.21. The Hall–Kier alpha value is -1.30. The van der Waals surface area contributed by atoms with Gasteiger partial charge in [0, 0.05) is 67.0 Å². The van der Waals surface area contributed by atoms with Gasteiger partial charge in [0.1, 0.15) is 12.4 Å². The molecule has 0 atom stereocenters. The van der Waals surface area contributed by atoms with Crippen molar-refractivity contribution in [3.8, 4) is 5.75 Å². The van der Waals surface area contributed by atoms with Gasteiger partial charge in [-0.2, -0.15) is 0 Å². The third-order valence-electron chi connectivity index (χ3n) is 4.49. The van der Waals surface area contributed by atoms with Gasteiger partial charge in [-0.05, 0) is 24.3 Å². The van der Waals surface area contributed by atoms with Gasteiger partial charge in [-0.15, -0.1) is 0 Å². The van der Waals surface area contributed by atoms with E-state index in [1.54, 1.807) is 0 Å². The summed E-state index contributed by atoms with van der Waals surface area (Å²) in [6.07, 6.45) is 0. The second-order valence-corrected chi connectivity index (χ2v) is 7.24. The fourth-order valence-corrected chi connectivity index (χ4v) is 3.38. The molecule has 1 saturated heterocycles. The molecule has 0 amide bonds. The van der Waals surface area contributed by atoms with E-state index in [2.05, 4.69) is 15.5 Å². The molecule has 1 aliphatic heterocycles. The fourth-order valence-electron chi connectivity index (χ4n) is 2.99. The molecule has 0 unspecified atom stereocenters. The Morgan fingerprint density at radius 1 is 1.04 bits per heavy atom. The molecule has 0 aliphatic carbocycles. The Kier molecular flexibility index (Phi) is 7.59. The molecule has 4 nitrogen and oxygen atoms in total. The van der Waals surface area contributed by atoms with E-state index < -0.39 is 0 Å². The van der Waals surface area contributed by atoms with Crippen LogP contribution in [0.1, 0.15) is 11.1 Å². The maximum Gasteiger partial charge on any atom is 0.124 e. The van der Waals surface area contributed by atoms with Gasteiger partial charge in [0.2, 0.25) is 0 Å². The monoisotopic (exact) mass is 393 g/mol. The van der Waals surface area contributed by atoms with Crippen LogP contribution in [-0.2, 0) is 13.2 Å². The SMILES string of the molecule is Clc1ccc(OCc2ccccc2Cl)c(CNCCN2CCNCC2)c1.